The number of carboxylic acids is 1. The van der Waals surface area contributed by atoms with Crippen LogP contribution < -0.4 is 5.32 Å². The van der Waals surface area contributed by atoms with Gasteiger partial charge in [0.25, 0.3) is 0 Å². The van der Waals surface area contributed by atoms with Crippen LogP contribution in [0.25, 0.3) is 22.4 Å². The minimum atomic E-state index is -1.07. The van der Waals surface area contributed by atoms with E-state index in [2.05, 4.69) is 25.5 Å². The van der Waals surface area contributed by atoms with Crippen molar-refractivity contribution in [1.82, 2.24) is 20.2 Å². The number of hydrogen-bond donors (Lipinski definition) is 3. The second-order valence-corrected chi connectivity index (χ2v) is 7.43. The quantitative estimate of drug-likeness (QED) is 0.610. The van der Waals surface area contributed by atoms with Gasteiger partial charge in [0.1, 0.15) is 11.5 Å². The molecule has 0 spiro atoms. The summed E-state index contributed by atoms with van der Waals surface area (Å²) >= 11 is 0. The lowest BCUT2D eigenvalue weighted by Gasteiger charge is -2.31. The van der Waals surface area contributed by atoms with Crippen molar-refractivity contribution in [2.24, 2.45) is 5.41 Å². The zero-order valence-corrected chi connectivity index (χ0v) is 15.3. The lowest BCUT2D eigenvalue weighted by molar-refractivity contribution is -0.137. The molecule has 3 aromatic heterocycles. The Kier molecular flexibility index (Phi) is 4.97. The smallest absolute Gasteiger partial charge is 0.305 e. The number of anilines is 1. The van der Waals surface area contributed by atoms with Crippen LogP contribution >= 0.6 is 0 Å². The van der Waals surface area contributed by atoms with Crippen molar-refractivity contribution in [1.29, 1.82) is 0 Å². The molecule has 3 aromatic rings. The standard InChI is InChI=1S/C18H18F3N5O2/c1-18(2,3)12(6-13(27)28)23-17-11(21)5-10(20)15(24-17)14-9-4-8(19)7-22-16(9)26-25-14/h4-5,7,12H,6H2,1-3H3,(H,23,24)(H,27,28)(H,22,25,26). The third-order valence-electron chi connectivity index (χ3n) is 4.28. The first kappa shape index (κ1) is 19.6. The second-order valence-electron chi connectivity index (χ2n) is 7.43. The fourth-order valence-electron chi connectivity index (χ4n) is 2.71. The van der Waals surface area contributed by atoms with Gasteiger partial charge in [-0.15, -0.1) is 0 Å². The van der Waals surface area contributed by atoms with Gasteiger partial charge in [-0.1, -0.05) is 20.8 Å². The number of nitrogens with zero attached hydrogens (tertiary/aromatic N) is 3. The average molecular weight is 393 g/mol. The van der Waals surface area contributed by atoms with E-state index in [-0.39, 0.29) is 34.7 Å². The van der Waals surface area contributed by atoms with Crippen LogP contribution in [-0.2, 0) is 4.79 Å². The molecule has 0 fully saturated rings. The van der Waals surface area contributed by atoms with Gasteiger partial charge in [-0.25, -0.2) is 23.1 Å². The monoisotopic (exact) mass is 393 g/mol. The maximum Gasteiger partial charge on any atom is 0.305 e. The number of aliphatic carboxylic acids is 1. The fourth-order valence-corrected chi connectivity index (χ4v) is 2.71. The number of nitrogens with one attached hydrogen (secondary N) is 2. The van der Waals surface area contributed by atoms with Crippen LogP contribution in [0.4, 0.5) is 19.0 Å². The summed E-state index contributed by atoms with van der Waals surface area (Å²) in [6, 6.07) is 1.06. The van der Waals surface area contributed by atoms with E-state index in [1.54, 1.807) is 20.8 Å². The van der Waals surface area contributed by atoms with E-state index in [1.807, 2.05) is 0 Å². The molecule has 0 aliphatic carbocycles. The van der Waals surface area contributed by atoms with Gasteiger partial charge in [-0.3, -0.25) is 9.89 Å². The zero-order chi connectivity index (χ0) is 20.6. The van der Waals surface area contributed by atoms with Gasteiger partial charge in [0.2, 0.25) is 0 Å². The summed E-state index contributed by atoms with van der Waals surface area (Å²) < 4.78 is 42.3. The van der Waals surface area contributed by atoms with E-state index < -0.39 is 34.9 Å². The summed E-state index contributed by atoms with van der Waals surface area (Å²) in [5, 5.41) is 18.5. The Morgan fingerprint density at radius 1 is 1.25 bits per heavy atom. The van der Waals surface area contributed by atoms with E-state index in [0.29, 0.717) is 6.07 Å². The first-order valence-corrected chi connectivity index (χ1v) is 8.40. The lowest BCUT2D eigenvalue weighted by Crippen LogP contribution is -2.36. The highest BCUT2D eigenvalue weighted by Crippen LogP contribution is 2.31. The molecule has 3 N–H and O–H groups in total. The number of carboxylic acid groups (broad SMARTS) is 1. The predicted octanol–water partition coefficient (Wildman–Crippen LogP) is 3.74. The van der Waals surface area contributed by atoms with Crippen LogP contribution in [0, 0.1) is 22.9 Å². The second kappa shape index (κ2) is 7.10. The van der Waals surface area contributed by atoms with Crippen molar-refractivity contribution in [2.75, 3.05) is 5.32 Å². The summed E-state index contributed by atoms with van der Waals surface area (Å²) in [7, 11) is 0. The van der Waals surface area contributed by atoms with Crippen molar-refractivity contribution in [3.63, 3.8) is 0 Å². The van der Waals surface area contributed by atoms with Gasteiger partial charge in [0.05, 0.1) is 23.7 Å². The molecule has 10 heteroatoms. The Balaban J connectivity index is 2.07. The lowest BCUT2D eigenvalue weighted by atomic mass is 9.84. The Labute approximate surface area is 158 Å². The minimum Gasteiger partial charge on any atom is -0.481 e. The van der Waals surface area contributed by atoms with Crippen molar-refractivity contribution in [2.45, 2.75) is 33.2 Å². The molecule has 7 nitrogen and oxygen atoms in total. The average Bonchev–Trinajstić information content (AvgIpc) is 2.98. The van der Waals surface area contributed by atoms with Gasteiger partial charge < -0.3 is 10.4 Å². The number of aromatic nitrogens is 4. The molecular formula is C18H18F3N5O2. The van der Waals surface area contributed by atoms with E-state index in [4.69, 9.17) is 5.11 Å². The molecule has 0 saturated carbocycles. The van der Waals surface area contributed by atoms with Crippen LogP contribution in [0.5, 0.6) is 0 Å². The summed E-state index contributed by atoms with van der Waals surface area (Å²) in [5.41, 5.74) is -0.654. The van der Waals surface area contributed by atoms with Crippen LogP contribution in [0.2, 0.25) is 0 Å². The molecule has 3 heterocycles. The maximum atomic E-state index is 14.4. The third kappa shape index (κ3) is 3.90. The highest BCUT2D eigenvalue weighted by Gasteiger charge is 2.29. The summed E-state index contributed by atoms with van der Waals surface area (Å²) in [4.78, 5) is 18.9. The predicted molar refractivity (Wildman–Crippen MR) is 96.1 cm³/mol. The molecule has 0 amide bonds. The Hall–Kier alpha value is -3.17. The minimum absolute atomic E-state index is 0.0353. The largest absolute Gasteiger partial charge is 0.481 e. The normalized spacial score (nSPS) is 12.9. The SMILES string of the molecule is CC(C)(C)C(CC(=O)O)Nc1nc(-c2[nH]nc3ncc(F)cc23)c(F)cc1F. The van der Waals surface area contributed by atoms with E-state index in [0.717, 1.165) is 12.3 Å². The molecule has 1 atom stereocenters. The zero-order valence-electron chi connectivity index (χ0n) is 15.3. The maximum absolute atomic E-state index is 14.4. The molecule has 0 aromatic carbocycles. The Morgan fingerprint density at radius 2 is 1.96 bits per heavy atom. The molecule has 0 aliphatic heterocycles. The van der Waals surface area contributed by atoms with Crippen LogP contribution in [0.15, 0.2) is 18.3 Å². The number of H-pyrrole nitrogens is 1. The summed E-state index contributed by atoms with van der Waals surface area (Å²) in [5.74, 6) is -4.00. The van der Waals surface area contributed by atoms with Crippen LogP contribution in [0.1, 0.15) is 27.2 Å². The van der Waals surface area contributed by atoms with Crippen molar-refractivity contribution < 1.29 is 23.1 Å². The van der Waals surface area contributed by atoms with E-state index in [9.17, 15) is 18.0 Å². The van der Waals surface area contributed by atoms with Crippen molar-refractivity contribution in [3.8, 4) is 11.4 Å². The molecule has 0 bridgehead atoms. The fraction of sp³-hybridized carbons (Fsp3) is 0.333. The van der Waals surface area contributed by atoms with Gasteiger partial charge in [0, 0.05) is 12.1 Å². The van der Waals surface area contributed by atoms with Gasteiger partial charge >= 0.3 is 5.97 Å². The number of carbonyl (C=O) groups is 1. The number of fused-ring (bicyclic) bond motifs is 1. The first-order chi connectivity index (χ1) is 13.1. The van der Waals surface area contributed by atoms with Crippen molar-refractivity contribution in [3.05, 3.63) is 35.8 Å². The van der Waals surface area contributed by atoms with Crippen molar-refractivity contribution >= 4 is 22.8 Å². The van der Waals surface area contributed by atoms with E-state index in [1.165, 1.54) is 0 Å². The molecule has 148 valence electrons. The number of pyridine rings is 2. The molecule has 28 heavy (non-hydrogen) atoms. The Bertz CT molecular complexity index is 1050. The van der Waals surface area contributed by atoms with Crippen LogP contribution in [-0.4, -0.2) is 37.3 Å². The summed E-state index contributed by atoms with van der Waals surface area (Å²) in [6.45, 7) is 5.35. The third-order valence-corrected chi connectivity index (χ3v) is 4.28. The first-order valence-electron chi connectivity index (χ1n) is 8.40. The molecule has 0 saturated heterocycles. The highest BCUT2D eigenvalue weighted by atomic mass is 19.1. The number of rotatable bonds is 5. The topological polar surface area (TPSA) is 104 Å². The van der Waals surface area contributed by atoms with E-state index >= 15 is 0 Å². The molecule has 0 radical (unpaired) electrons. The number of hydrogen-bond acceptors (Lipinski definition) is 5. The molecule has 0 aliphatic rings. The molecule has 1 unspecified atom stereocenters. The van der Waals surface area contributed by atoms with Crippen LogP contribution in [0.3, 0.4) is 0 Å². The highest BCUT2D eigenvalue weighted by molar-refractivity contribution is 5.89. The number of aromatic amines is 1. The van der Waals surface area contributed by atoms with Gasteiger partial charge in [-0.05, 0) is 11.5 Å². The van der Waals surface area contributed by atoms with Gasteiger partial charge in [-0.2, -0.15) is 5.10 Å². The number of halogens is 3. The molecular weight excluding hydrogens is 375 g/mol. The summed E-state index contributed by atoms with van der Waals surface area (Å²) in [6.07, 6.45) is 0.674. The Morgan fingerprint density at radius 3 is 2.61 bits per heavy atom. The van der Waals surface area contributed by atoms with Gasteiger partial charge in [0.15, 0.2) is 23.1 Å². The molecule has 3 rings (SSSR count).